The van der Waals surface area contributed by atoms with Crippen molar-refractivity contribution in [3.63, 3.8) is 0 Å². The first-order chi connectivity index (χ1) is 9.24. The van der Waals surface area contributed by atoms with Crippen LogP contribution >= 0.6 is 0 Å². The minimum atomic E-state index is -0.408. The quantitative estimate of drug-likeness (QED) is 0.657. The first-order valence-corrected chi connectivity index (χ1v) is 6.02. The smallest absolute Gasteiger partial charge is 0.278 e. The van der Waals surface area contributed by atoms with E-state index in [4.69, 9.17) is 4.74 Å². The molecule has 0 amide bonds. The normalized spacial score (nSPS) is 27.2. The largest absolute Gasteiger partial charge is 0.396 e. The van der Waals surface area contributed by atoms with Crippen LogP contribution in [0.1, 0.15) is 12.6 Å². The number of aromatic amines is 1. The maximum Gasteiger partial charge on any atom is 0.278 e. The van der Waals surface area contributed by atoms with E-state index in [1.807, 2.05) is 0 Å². The van der Waals surface area contributed by atoms with Gasteiger partial charge in [0, 0.05) is 18.9 Å². The lowest BCUT2D eigenvalue weighted by Gasteiger charge is -2.14. The molecule has 1 aliphatic heterocycles. The van der Waals surface area contributed by atoms with Gasteiger partial charge in [-0.2, -0.15) is 0 Å². The number of aliphatic hydroxyl groups excluding tert-OH is 2. The van der Waals surface area contributed by atoms with Crippen molar-refractivity contribution >= 4 is 11.2 Å². The maximum atomic E-state index is 11.6. The molecule has 3 rings (SSSR count). The molecule has 0 radical (unpaired) electrons. The highest BCUT2D eigenvalue weighted by molar-refractivity contribution is 5.68. The van der Waals surface area contributed by atoms with Crippen LogP contribution in [0.5, 0.6) is 0 Å². The molecule has 3 heterocycles. The number of nitrogens with one attached hydrogen (secondary N) is 1. The van der Waals surface area contributed by atoms with E-state index in [1.165, 1.54) is 12.7 Å². The third kappa shape index (κ3) is 1.93. The number of aliphatic hydroxyl groups is 2. The highest BCUT2D eigenvalue weighted by Crippen LogP contribution is 2.33. The Kier molecular flexibility index (Phi) is 3.05. The summed E-state index contributed by atoms with van der Waals surface area (Å²) in [6.07, 6.45) is 2.56. The first kappa shape index (κ1) is 12.3. The number of rotatable bonds is 3. The Bertz CT molecular complexity index is 625. The molecule has 2 aromatic heterocycles. The van der Waals surface area contributed by atoms with Gasteiger partial charge in [-0.1, -0.05) is 0 Å². The molecule has 1 saturated heterocycles. The van der Waals surface area contributed by atoms with E-state index in [-0.39, 0.29) is 36.4 Å². The molecule has 8 heteroatoms. The first-order valence-electron chi connectivity index (χ1n) is 6.02. The third-order valence-corrected chi connectivity index (χ3v) is 3.45. The average molecular weight is 266 g/mol. The van der Waals surface area contributed by atoms with Gasteiger partial charge in [0.05, 0.1) is 25.4 Å². The van der Waals surface area contributed by atoms with Crippen molar-refractivity contribution in [2.45, 2.75) is 18.8 Å². The molecule has 8 nitrogen and oxygen atoms in total. The Morgan fingerprint density at radius 1 is 1.42 bits per heavy atom. The van der Waals surface area contributed by atoms with Gasteiger partial charge in [-0.25, -0.2) is 9.97 Å². The SMILES string of the molecule is O=c1[nH]cnc2c1ncn2[C@H]1C[C@H](CO)[C@@H](CO)O1. The molecular weight excluding hydrogens is 252 g/mol. The van der Waals surface area contributed by atoms with Crippen molar-refractivity contribution < 1.29 is 14.9 Å². The average Bonchev–Trinajstić information content (AvgIpc) is 3.02. The summed E-state index contributed by atoms with van der Waals surface area (Å²) in [5.74, 6) is -0.130. The predicted molar refractivity (Wildman–Crippen MR) is 64.3 cm³/mol. The van der Waals surface area contributed by atoms with Gasteiger partial charge < -0.3 is 19.9 Å². The Morgan fingerprint density at radius 2 is 2.26 bits per heavy atom. The summed E-state index contributed by atoms with van der Waals surface area (Å²) < 4.78 is 7.32. The molecule has 0 aromatic carbocycles. The molecular formula is C11H14N4O4. The molecule has 3 N–H and O–H groups in total. The number of nitrogens with zero attached hydrogens (tertiary/aromatic N) is 3. The topological polar surface area (TPSA) is 113 Å². The van der Waals surface area contributed by atoms with E-state index < -0.39 is 6.10 Å². The second kappa shape index (κ2) is 4.72. The standard InChI is InChI=1S/C11H14N4O4/c16-2-6-1-8(19-7(6)3-17)15-5-14-9-10(15)12-4-13-11(9)18/h4-8,16-17H,1-3H2,(H,12,13,18)/t6-,7-,8-/m1/s1. The van der Waals surface area contributed by atoms with Gasteiger partial charge >= 0.3 is 0 Å². The number of fused-ring (bicyclic) bond motifs is 1. The van der Waals surface area contributed by atoms with E-state index >= 15 is 0 Å². The second-order valence-corrected chi connectivity index (χ2v) is 4.55. The van der Waals surface area contributed by atoms with Gasteiger partial charge in [-0.15, -0.1) is 0 Å². The number of H-pyrrole nitrogens is 1. The molecule has 3 atom stereocenters. The molecule has 0 bridgehead atoms. The fraction of sp³-hybridized carbons (Fsp3) is 0.545. The van der Waals surface area contributed by atoms with Crippen LogP contribution in [0.2, 0.25) is 0 Å². The summed E-state index contributed by atoms with van der Waals surface area (Å²) in [7, 11) is 0. The van der Waals surface area contributed by atoms with E-state index in [0.717, 1.165) is 0 Å². The summed E-state index contributed by atoms with van der Waals surface area (Å²) in [5, 5.41) is 18.5. The van der Waals surface area contributed by atoms with Crippen LogP contribution in [0.25, 0.3) is 11.2 Å². The van der Waals surface area contributed by atoms with Crippen LogP contribution < -0.4 is 5.56 Å². The Morgan fingerprint density at radius 3 is 2.95 bits per heavy atom. The number of imidazole rings is 1. The molecule has 0 saturated carbocycles. The van der Waals surface area contributed by atoms with Gasteiger partial charge in [-0.3, -0.25) is 9.36 Å². The van der Waals surface area contributed by atoms with Gasteiger partial charge in [0.15, 0.2) is 11.2 Å². The Hall–Kier alpha value is -1.77. The van der Waals surface area contributed by atoms with Crippen LogP contribution in [0.15, 0.2) is 17.4 Å². The van der Waals surface area contributed by atoms with Crippen molar-refractivity contribution in [2.24, 2.45) is 5.92 Å². The summed E-state index contributed by atoms with van der Waals surface area (Å²) in [6, 6.07) is 0. The van der Waals surface area contributed by atoms with Crippen LogP contribution in [0, 0.1) is 5.92 Å². The fourth-order valence-electron chi connectivity index (χ4n) is 2.42. The zero-order valence-electron chi connectivity index (χ0n) is 10.1. The van der Waals surface area contributed by atoms with Crippen LogP contribution in [-0.2, 0) is 4.74 Å². The molecule has 0 unspecified atom stereocenters. The highest BCUT2D eigenvalue weighted by atomic mass is 16.5. The predicted octanol–water partition coefficient (Wildman–Crippen LogP) is -0.992. The zero-order chi connectivity index (χ0) is 13.4. The van der Waals surface area contributed by atoms with Crippen molar-refractivity contribution in [1.29, 1.82) is 0 Å². The van der Waals surface area contributed by atoms with Crippen molar-refractivity contribution in [3.8, 4) is 0 Å². The molecule has 102 valence electrons. The number of hydrogen-bond donors (Lipinski definition) is 3. The molecule has 1 fully saturated rings. The maximum absolute atomic E-state index is 11.6. The number of ether oxygens (including phenoxy) is 1. The lowest BCUT2D eigenvalue weighted by Crippen LogP contribution is -2.23. The van der Waals surface area contributed by atoms with E-state index in [2.05, 4.69) is 15.0 Å². The lowest BCUT2D eigenvalue weighted by atomic mass is 10.0. The van der Waals surface area contributed by atoms with Crippen LogP contribution in [0.3, 0.4) is 0 Å². The molecule has 1 aliphatic rings. The van der Waals surface area contributed by atoms with Crippen LogP contribution in [-0.4, -0.2) is 49.0 Å². The molecule has 0 aliphatic carbocycles. The van der Waals surface area contributed by atoms with E-state index in [1.54, 1.807) is 4.57 Å². The van der Waals surface area contributed by atoms with Gasteiger partial charge in [0.25, 0.3) is 5.56 Å². The number of hydrogen-bond acceptors (Lipinski definition) is 6. The van der Waals surface area contributed by atoms with Crippen molar-refractivity contribution in [1.82, 2.24) is 19.5 Å². The monoisotopic (exact) mass is 266 g/mol. The van der Waals surface area contributed by atoms with Gasteiger partial charge in [0.2, 0.25) is 0 Å². The van der Waals surface area contributed by atoms with E-state index in [9.17, 15) is 15.0 Å². The second-order valence-electron chi connectivity index (χ2n) is 4.55. The van der Waals surface area contributed by atoms with E-state index in [0.29, 0.717) is 12.1 Å². The van der Waals surface area contributed by atoms with Crippen molar-refractivity contribution in [3.05, 3.63) is 23.0 Å². The minimum absolute atomic E-state index is 0.0532. The van der Waals surface area contributed by atoms with Crippen molar-refractivity contribution in [2.75, 3.05) is 13.2 Å². The Labute approximate surface area is 107 Å². The number of aromatic nitrogens is 4. The summed E-state index contributed by atoms with van der Waals surface area (Å²) in [4.78, 5) is 22.1. The molecule has 0 spiro atoms. The molecule has 19 heavy (non-hydrogen) atoms. The highest BCUT2D eigenvalue weighted by Gasteiger charge is 2.36. The summed E-state index contributed by atoms with van der Waals surface area (Å²) in [6.45, 7) is -0.204. The summed E-state index contributed by atoms with van der Waals surface area (Å²) in [5.41, 5.74) is 0.377. The zero-order valence-corrected chi connectivity index (χ0v) is 10.1. The lowest BCUT2D eigenvalue weighted by molar-refractivity contribution is -0.0334. The Balaban J connectivity index is 1.98. The third-order valence-electron chi connectivity index (χ3n) is 3.45. The minimum Gasteiger partial charge on any atom is -0.396 e. The fourth-order valence-corrected chi connectivity index (χ4v) is 2.42. The van der Waals surface area contributed by atoms with Crippen LogP contribution in [0.4, 0.5) is 0 Å². The van der Waals surface area contributed by atoms with Gasteiger partial charge in [0.1, 0.15) is 6.23 Å². The van der Waals surface area contributed by atoms with Gasteiger partial charge in [-0.05, 0) is 0 Å². The summed E-state index contributed by atoms with van der Waals surface area (Å²) >= 11 is 0. The molecule has 2 aromatic rings.